The maximum atomic E-state index is 13.8. The van der Waals surface area contributed by atoms with Gasteiger partial charge >= 0.3 is 11.9 Å². The molecule has 350 valence electrons. The number of ether oxygens (including phenoxy) is 4. The monoisotopic (exact) mass is 912 g/mol. The molecule has 16 heteroatoms. The van der Waals surface area contributed by atoms with E-state index in [9.17, 15) is 29.7 Å². The predicted octanol–water partition coefficient (Wildman–Crippen LogP) is 4.76. The summed E-state index contributed by atoms with van der Waals surface area (Å²) in [5.74, 6) is 4.14. The summed E-state index contributed by atoms with van der Waals surface area (Å²) < 4.78 is 23.9. The topological polar surface area (TPSA) is 196 Å². The Bertz CT molecular complexity index is 2470. The molecule has 0 aliphatic carbocycles. The third kappa shape index (κ3) is 14.1. The summed E-state index contributed by atoms with van der Waals surface area (Å²) in [6.07, 6.45) is -0.938. The van der Waals surface area contributed by atoms with Crippen molar-refractivity contribution in [3.05, 3.63) is 160 Å². The lowest BCUT2D eigenvalue weighted by Gasteiger charge is -2.32. The van der Waals surface area contributed by atoms with Crippen molar-refractivity contribution >= 4 is 23.5 Å². The lowest BCUT2D eigenvalue weighted by molar-refractivity contribution is -0.118. The molecule has 2 aliphatic heterocycles. The van der Waals surface area contributed by atoms with Crippen molar-refractivity contribution in [1.29, 1.82) is 0 Å². The number of nitrogens with zero attached hydrogens (tertiary/aromatic N) is 5. The van der Waals surface area contributed by atoms with Gasteiger partial charge in [-0.05, 0) is 59.2 Å². The first-order chi connectivity index (χ1) is 32.7. The Morgan fingerprint density at radius 2 is 1.19 bits per heavy atom. The van der Waals surface area contributed by atoms with E-state index in [0.717, 1.165) is 27.9 Å². The highest BCUT2D eigenvalue weighted by atomic mass is 16.5. The summed E-state index contributed by atoms with van der Waals surface area (Å²) in [6, 6.07) is 32.2. The third-order valence-electron chi connectivity index (χ3n) is 11.4. The highest BCUT2D eigenvalue weighted by Gasteiger charge is 2.26. The normalized spacial score (nSPS) is 16.9. The van der Waals surface area contributed by atoms with E-state index in [1.807, 2.05) is 72.8 Å². The van der Waals surface area contributed by atoms with Crippen LogP contribution in [0.2, 0.25) is 0 Å². The van der Waals surface area contributed by atoms with E-state index in [1.54, 1.807) is 29.2 Å². The zero-order valence-electron chi connectivity index (χ0n) is 37.3. The smallest absolute Gasteiger partial charge is 0.354 e. The van der Waals surface area contributed by atoms with Gasteiger partial charge in [-0.2, -0.15) is 0 Å². The Kier molecular flexibility index (Phi) is 18.1. The molecule has 16 nitrogen and oxygen atoms in total. The van der Waals surface area contributed by atoms with Crippen LogP contribution in [-0.2, 0) is 36.8 Å². The molecule has 0 spiro atoms. The first-order valence-corrected chi connectivity index (χ1v) is 22.4. The SMILES string of the molecule is O=C(O)c1cccc(CN2CCOCCOCCN(C(c3ccc(C(O)NCCC(=O)N4Cc5ccccc5C#Cc5ccccc54)cc3)c3cccc(C(=O)O)n3)CCOCCOCC2)n1. The molecule has 0 saturated carbocycles. The fourth-order valence-electron chi connectivity index (χ4n) is 7.88. The molecule has 2 atom stereocenters. The van der Waals surface area contributed by atoms with Gasteiger partial charge in [0.1, 0.15) is 17.6 Å². The number of aliphatic hydroxyl groups is 1. The van der Waals surface area contributed by atoms with E-state index in [1.165, 1.54) is 12.1 Å². The van der Waals surface area contributed by atoms with E-state index < -0.39 is 24.2 Å². The molecular weight excluding hydrogens is 857 g/mol. The second kappa shape index (κ2) is 24.9. The minimum atomic E-state index is -1.14. The maximum Gasteiger partial charge on any atom is 0.354 e. The molecule has 67 heavy (non-hydrogen) atoms. The van der Waals surface area contributed by atoms with Crippen molar-refractivity contribution in [1.82, 2.24) is 25.1 Å². The minimum Gasteiger partial charge on any atom is -0.477 e. The Hall–Kier alpha value is -6.39. The quantitative estimate of drug-likeness (QED) is 0.0987. The van der Waals surface area contributed by atoms with Crippen molar-refractivity contribution in [3.8, 4) is 11.8 Å². The number of carbonyl (C=O) groups excluding carboxylic acids is 1. The van der Waals surface area contributed by atoms with Gasteiger partial charge in [-0.25, -0.2) is 19.6 Å². The van der Waals surface area contributed by atoms with Crippen molar-refractivity contribution in [2.75, 3.05) is 90.5 Å². The minimum absolute atomic E-state index is 0.00552. The molecule has 0 radical (unpaired) electrons. The van der Waals surface area contributed by atoms with Crippen LogP contribution in [0, 0.1) is 11.8 Å². The van der Waals surface area contributed by atoms with E-state index in [0.29, 0.717) is 109 Å². The number of carbonyl (C=O) groups is 3. The average Bonchev–Trinajstić information content (AvgIpc) is 3.33. The Balaban J connectivity index is 0.987. The number of aromatic nitrogens is 2. The summed E-state index contributed by atoms with van der Waals surface area (Å²) in [6.45, 7) is 5.96. The van der Waals surface area contributed by atoms with Crippen LogP contribution < -0.4 is 10.2 Å². The first-order valence-electron chi connectivity index (χ1n) is 22.4. The number of fused-ring (bicyclic) bond motifs is 2. The van der Waals surface area contributed by atoms with Crippen LogP contribution in [0.4, 0.5) is 5.69 Å². The van der Waals surface area contributed by atoms with Gasteiger partial charge in [0.2, 0.25) is 5.91 Å². The van der Waals surface area contributed by atoms with Gasteiger partial charge in [0.25, 0.3) is 0 Å². The zero-order valence-corrected chi connectivity index (χ0v) is 37.3. The Morgan fingerprint density at radius 1 is 0.627 bits per heavy atom. The van der Waals surface area contributed by atoms with Crippen LogP contribution in [-0.4, -0.2) is 139 Å². The van der Waals surface area contributed by atoms with Crippen LogP contribution in [0.3, 0.4) is 0 Å². The lowest BCUT2D eigenvalue weighted by Crippen LogP contribution is -2.36. The predicted molar refractivity (Wildman–Crippen MR) is 248 cm³/mol. The molecule has 3 aromatic carbocycles. The molecule has 0 bridgehead atoms. The van der Waals surface area contributed by atoms with E-state index in [-0.39, 0.29) is 30.3 Å². The summed E-state index contributed by atoms with van der Waals surface area (Å²) in [5, 5.41) is 33.6. The maximum absolute atomic E-state index is 13.8. The second-order valence-corrected chi connectivity index (χ2v) is 15.9. The number of amides is 1. The number of aromatic carboxylic acids is 2. The Labute approximate surface area is 390 Å². The summed E-state index contributed by atoms with van der Waals surface area (Å²) >= 11 is 0. The number of hydrogen-bond donors (Lipinski definition) is 4. The standard InChI is InChI=1S/C51H56N6O10/c58-47(57-35-41-9-2-1-7-37(41)15-16-38-8-3-4-14-46(38)57)21-22-52-49(59)40-19-17-39(18-20-40)48(43-11-6-13-45(54-43)51(62)63)56-25-29-66-33-31-64-27-23-55(24-28-65-32-34-67-30-26-56)36-42-10-5-12-44(53-42)50(60)61/h1-14,17-20,48-49,52,59H,21-36H2,(H,60,61)(H,62,63). The highest BCUT2D eigenvalue weighted by Crippen LogP contribution is 2.30. The van der Waals surface area contributed by atoms with Crippen molar-refractivity contribution in [3.63, 3.8) is 0 Å². The van der Waals surface area contributed by atoms with Crippen molar-refractivity contribution in [2.45, 2.75) is 31.8 Å². The van der Waals surface area contributed by atoms with Crippen molar-refractivity contribution < 1.29 is 48.7 Å². The Morgan fingerprint density at radius 3 is 1.87 bits per heavy atom. The van der Waals surface area contributed by atoms with Crippen molar-refractivity contribution in [2.24, 2.45) is 0 Å². The lowest BCUT2D eigenvalue weighted by atomic mass is 9.99. The van der Waals surface area contributed by atoms with Gasteiger partial charge in [-0.1, -0.05) is 78.6 Å². The van der Waals surface area contributed by atoms with Gasteiger partial charge in [0.05, 0.1) is 82.5 Å². The van der Waals surface area contributed by atoms with Crippen LogP contribution >= 0.6 is 0 Å². The molecule has 5 aromatic rings. The average molecular weight is 913 g/mol. The number of rotatable bonds is 12. The number of pyridine rings is 2. The number of carboxylic acids is 2. The first kappa shape index (κ1) is 48.5. The number of anilines is 1. The molecule has 1 saturated heterocycles. The number of nitrogens with one attached hydrogen (secondary N) is 1. The summed E-state index contributed by atoms with van der Waals surface area (Å²) in [7, 11) is 0. The number of aliphatic hydroxyl groups excluding tert-OH is 1. The van der Waals surface area contributed by atoms with Gasteiger partial charge in [0, 0.05) is 56.8 Å². The molecule has 2 aromatic heterocycles. The number of hydrogen-bond acceptors (Lipinski definition) is 13. The van der Waals surface area contributed by atoms with Gasteiger partial charge < -0.3 is 39.2 Å². The third-order valence-corrected chi connectivity index (χ3v) is 11.4. The van der Waals surface area contributed by atoms with Gasteiger partial charge in [0.15, 0.2) is 0 Å². The molecule has 1 fully saturated rings. The molecule has 4 heterocycles. The molecule has 2 aliphatic rings. The van der Waals surface area contributed by atoms with Crippen LogP contribution in [0.15, 0.2) is 109 Å². The number of benzene rings is 3. The van der Waals surface area contributed by atoms with E-state index >= 15 is 0 Å². The van der Waals surface area contributed by atoms with E-state index in [2.05, 4.69) is 36.9 Å². The molecule has 7 rings (SSSR count). The molecule has 2 unspecified atom stereocenters. The number of carboxylic acid groups (broad SMARTS) is 2. The molecule has 4 N–H and O–H groups in total. The molecule has 1 amide bonds. The van der Waals surface area contributed by atoms with Crippen LogP contribution in [0.1, 0.15) is 78.9 Å². The number of para-hydroxylation sites is 1. The fraction of sp³-hybridized carbons (Fsp3) is 0.353. The van der Waals surface area contributed by atoms with Crippen LogP contribution in [0.25, 0.3) is 0 Å². The summed E-state index contributed by atoms with van der Waals surface area (Å²) in [5.41, 5.74) is 5.82. The second-order valence-electron chi connectivity index (χ2n) is 15.9. The fourth-order valence-corrected chi connectivity index (χ4v) is 7.88. The summed E-state index contributed by atoms with van der Waals surface area (Å²) in [4.78, 5) is 52.1. The van der Waals surface area contributed by atoms with Crippen LogP contribution in [0.5, 0.6) is 0 Å². The highest BCUT2D eigenvalue weighted by molar-refractivity contribution is 5.95. The van der Waals surface area contributed by atoms with E-state index in [4.69, 9.17) is 18.9 Å². The van der Waals surface area contributed by atoms with Gasteiger partial charge in [-0.15, -0.1) is 0 Å². The molecular formula is C51H56N6O10. The largest absolute Gasteiger partial charge is 0.477 e. The van der Waals surface area contributed by atoms with Gasteiger partial charge in [-0.3, -0.25) is 19.9 Å². The zero-order chi connectivity index (χ0) is 46.8.